The highest BCUT2D eigenvalue weighted by molar-refractivity contribution is 7.13. The van der Waals surface area contributed by atoms with Crippen molar-refractivity contribution in [3.63, 3.8) is 0 Å². The van der Waals surface area contributed by atoms with E-state index in [9.17, 15) is 4.79 Å². The van der Waals surface area contributed by atoms with Crippen molar-refractivity contribution in [1.82, 2.24) is 15.6 Å². The summed E-state index contributed by atoms with van der Waals surface area (Å²) in [6.07, 6.45) is 0.885. The second-order valence-electron chi connectivity index (χ2n) is 6.55. The van der Waals surface area contributed by atoms with Gasteiger partial charge in [0, 0.05) is 13.1 Å². The predicted octanol–water partition coefficient (Wildman–Crippen LogP) is 3.80. The zero-order valence-electron chi connectivity index (χ0n) is 17.3. The molecule has 1 aromatic carbocycles. The van der Waals surface area contributed by atoms with Crippen molar-refractivity contribution < 1.29 is 9.53 Å². The third-order valence-electron chi connectivity index (χ3n) is 4.09. The fourth-order valence-corrected chi connectivity index (χ4v) is 3.70. The number of ether oxygens (including phenoxy) is 1. The Bertz CT molecular complexity index is 816. The van der Waals surface area contributed by atoms with E-state index in [4.69, 9.17) is 4.74 Å². The number of nitrogens with zero attached hydrogens (tertiary/aromatic N) is 2. The van der Waals surface area contributed by atoms with Crippen molar-refractivity contribution in [2.24, 2.45) is 4.99 Å². The number of thiazole rings is 1. The van der Waals surface area contributed by atoms with Gasteiger partial charge in [0.05, 0.1) is 18.3 Å². The molecule has 28 heavy (non-hydrogen) atoms. The van der Waals surface area contributed by atoms with E-state index in [1.165, 1.54) is 22.5 Å². The van der Waals surface area contributed by atoms with Gasteiger partial charge in [-0.15, -0.1) is 11.3 Å². The zero-order valence-corrected chi connectivity index (χ0v) is 18.2. The van der Waals surface area contributed by atoms with Crippen LogP contribution in [0.4, 0.5) is 0 Å². The monoisotopic (exact) mass is 402 g/mol. The maximum Gasteiger partial charge on any atom is 0.350 e. The molecule has 1 aromatic heterocycles. The summed E-state index contributed by atoms with van der Waals surface area (Å²) in [7, 11) is 0. The van der Waals surface area contributed by atoms with Crippen molar-refractivity contribution in [3.8, 4) is 0 Å². The third-order valence-corrected chi connectivity index (χ3v) is 5.41. The summed E-state index contributed by atoms with van der Waals surface area (Å²) in [5.41, 5.74) is 3.24. The molecular formula is C21H30N4O2S. The number of aromatic nitrogens is 1. The number of aliphatic imine (C=N–C) groups is 1. The summed E-state index contributed by atoms with van der Waals surface area (Å²) in [4.78, 5) is 21.8. The molecule has 0 aliphatic rings. The first kappa shape index (κ1) is 21.9. The highest BCUT2D eigenvalue weighted by Gasteiger charge is 2.20. The number of carbonyl (C=O) groups excluding carboxylic acids is 1. The van der Waals surface area contributed by atoms with E-state index in [1.807, 2.05) is 20.8 Å². The molecule has 1 unspecified atom stereocenters. The Hall–Kier alpha value is -2.41. The zero-order chi connectivity index (χ0) is 20.5. The van der Waals surface area contributed by atoms with E-state index in [2.05, 4.69) is 51.8 Å². The van der Waals surface area contributed by atoms with Gasteiger partial charge in [0.15, 0.2) is 5.96 Å². The largest absolute Gasteiger partial charge is 0.462 e. The first-order chi connectivity index (χ1) is 13.4. The molecule has 152 valence electrons. The Kier molecular flexibility index (Phi) is 8.44. The summed E-state index contributed by atoms with van der Waals surface area (Å²) in [5.74, 6) is 0.433. The van der Waals surface area contributed by atoms with E-state index >= 15 is 0 Å². The van der Waals surface area contributed by atoms with Crippen LogP contribution in [-0.4, -0.2) is 36.6 Å². The van der Waals surface area contributed by atoms with Crippen LogP contribution in [0.1, 0.15) is 58.3 Å². The molecular weight excluding hydrogens is 372 g/mol. The van der Waals surface area contributed by atoms with Crippen LogP contribution in [0, 0.1) is 13.8 Å². The van der Waals surface area contributed by atoms with Crippen LogP contribution >= 0.6 is 11.3 Å². The molecule has 0 saturated heterocycles. The Morgan fingerprint density at radius 3 is 2.79 bits per heavy atom. The number of esters is 1. The highest BCUT2D eigenvalue weighted by atomic mass is 32.1. The predicted molar refractivity (Wildman–Crippen MR) is 115 cm³/mol. The van der Waals surface area contributed by atoms with Gasteiger partial charge in [0.2, 0.25) is 0 Å². The number of aryl methyl sites for hydroxylation is 2. The fourth-order valence-electron chi connectivity index (χ4n) is 2.74. The van der Waals surface area contributed by atoms with Gasteiger partial charge in [-0.3, -0.25) is 4.99 Å². The maximum atomic E-state index is 12.0. The van der Waals surface area contributed by atoms with E-state index in [0.29, 0.717) is 23.7 Å². The van der Waals surface area contributed by atoms with Crippen LogP contribution in [0.15, 0.2) is 29.3 Å². The molecule has 6 nitrogen and oxygen atoms in total. The number of carbonyl (C=O) groups is 1. The topological polar surface area (TPSA) is 75.6 Å². The Morgan fingerprint density at radius 2 is 2.11 bits per heavy atom. The van der Waals surface area contributed by atoms with Gasteiger partial charge in [-0.05, 0) is 46.6 Å². The molecule has 0 fully saturated rings. The minimum absolute atomic E-state index is 0.0661. The molecule has 0 bridgehead atoms. The third kappa shape index (κ3) is 6.34. The normalized spacial score (nSPS) is 12.5. The summed E-state index contributed by atoms with van der Waals surface area (Å²) in [6.45, 7) is 11.6. The van der Waals surface area contributed by atoms with E-state index < -0.39 is 0 Å². The lowest BCUT2D eigenvalue weighted by atomic mass is 10.1. The Balaban J connectivity index is 2.02. The Morgan fingerprint density at radius 1 is 1.32 bits per heavy atom. The number of hydrogen-bond acceptors (Lipinski definition) is 5. The number of benzene rings is 1. The quantitative estimate of drug-likeness (QED) is 0.399. The molecule has 2 rings (SSSR count). The van der Waals surface area contributed by atoms with Crippen LogP contribution in [0.2, 0.25) is 0 Å². The SMILES string of the molecule is CCNC(=NCCc1cccc(C)c1)NC(C)c1nc(C)c(C(=O)OCC)s1. The molecule has 7 heteroatoms. The summed E-state index contributed by atoms with van der Waals surface area (Å²) >= 11 is 1.37. The lowest BCUT2D eigenvalue weighted by molar-refractivity contribution is 0.0531. The second kappa shape index (κ2) is 10.8. The molecule has 1 heterocycles. The number of guanidine groups is 1. The van der Waals surface area contributed by atoms with E-state index in [-0.39, 0.29) is 12.0 Å². The smallest absolute Gasteiger partial charge is 0.350 e. The summed E-state index contributed by atoms with van der Waals surface area (Å²) in [5, 5.41) is 7.49. The van der Waals surface area contributed by atoms with Crippen LogP contribution in [-0.2, 0) is 11.2 Å². The maximum absolute atomic E-state index is 12.0. The van der Waals surface area contributed by atoms with Crippen molar-refractivity contribution in [2.75, 3.05) is 19.7 Å². The standard InChI is InChI=1S/C21H30N4O2S/c1-6-22-21(23-12-11-17-10-8-9-14(3)13-17)25-16(5)19-24-15(4)18(28-19)20(26)27-7-2/h8-10,13,16H,6-7,11-12H2,1-5H3,(H2,22,23,25). The lowest BCUT2D eigenvalue weighted by Gasteiger charge is -2.16. The van der Waals surface area contributed by atoms with Crippen molar-refractivity contribution in [3.05, 3.63) is 51.0 Å². The van der Waals surface area contributed by atoms with Gasteiger partial charge in [0.25, 0.3) is 0 Å². The first-order valence-corrected chi connectivity index (χ1v) is 10.5. The average molecular weight is 403 g/mol. The van der Waals surface area contributed by atoms with Gasteiger partial charge >= 0.3 is 5.97 Å². The van der Waals surface area contributed by atoms with E-state index in [0.717, 1.165) is 23.9 Å². The average Bonchev–Trinajstić information content (AvgIpc) is 3.04. The van der Waals surface area contributed by atoms with Crippen LogP contribution in [0.5, 0.6) is 0 Å². The van der Waals surface area contributed by atoms with Crippen molar-refractivity contribution in [1.29, 1.82) is 0 Å². The molecule has 0 aliphatic carbocycles. The fraction of sp³-hybridized carbons (Fsp3) is 0.476. The first-order valence-electron chi connectivity index (χ1n) is 9.69. The number of hydrogen-bond donors (Lipinski definition) is 2. The van der Waals surface area contributed by atoms with Crippen LogP contribution in [0.3, 0.4) is 0 Å². The van der Waals surface area contributed by atoms with Gasteiger partial charge < -0.3 is 15.4 Å². The summed E-state index contributed by atoms with van der Waals surface area (Å²) in [6, 6.07) is 8.42. The second-order valence-corrected chi connectivity index (χ2v) is 7.58. The number of rotatable bonds is 8. The van der Waals surface area contributed by atoms with Crippen LogP contribution < -0.4 is 10.6 Å². The van der Waals surface area contributed by atoms with Crippen molar-refractivity contribution >= 4 is 23.3 Å². The molecule has 1 atom stereocenters. The van der Waals surface area contributed by atoms with Gasteiger partial charge in [-0.1, -0.05) is 29.8 Å². The Labute approximate surface area is 171 Å². The molecule has 0 saturated carbocycles. The lowest BCUT2D eigenvalue weighted by Crippen LogP contribution is -2.38. The van der Waals surface area contributed by atoms with Crippen LogP contribution in [0.25, 0.3) is 0 Å². The minimum Gasteiger partial charge on any atom is -0.462 e. The van der Waals surface area contributed by atoms with Gasteiger partial charge in [-0.2, -0.15) is 0 Å². The molecule has 0 spiro atoms. The van der Waals surface area contributed by atoms with Gasteiger partial charge in [-0.25, -0.2) is 9.78 Å². The van der Waals surface area contributed by atoms with E-state index in [1.54, 1.807) is 6.92 Å². The highest BCUT2D eigenvalue weighted by Crippen LogP contribution is 2.24. The molecule has 0 aliphatic heterocycles. The molecule has 0 radical (unpaired) electrons. The van der Waals surface area contributed by atoms with Gasteiger partial charge in [0.1, 0.15) is 9.88 Å². The summed E-state index contributed by atoms with van der Waals surface area (Å²) < 4.78 is 5.10. The molecule has 0 amide bonds. The minimum atomic E-state index is -0.310. The van der Waals surface area contributed by atoms with Crippen molar-refractivity contribution in [2.45, 2.75) is 47.1 Å². The molecule has 2 aromatic rings. The molecule has 2 N–H and O–H groups in total. The number of nitrogens with one attached hydrogen (secondary N) is 2.